The lowest BCUT2D eigenvalue weighted by Gasteiger charge is -2.24. The SMILES string of the molecule is COc1ccc2c(c1)CCN(CCC(=O)NC1CCCCC1)CC2. The second kappa shape index (κ2) is 8.52. The summed E-state index contributed by atoms with van der Waals surface area (Å²) in [5.41, 5.74) is 2.81. The van der Waals surface area contributed by atoms with Crippen molar-refractivity contribution >= 4 is 5.91 Å². The quantitative estimate of drug-likeness (QED) is 0.902. The fourth-order valence-corrected chi connectivity index (χ4v) is 3.90. The maximum Gasteiger partial charge on any atom is 0.221 e. The van der Waals surface area contributed by atoms with Gasteiger partial charge in [0.1, 0.15) is 5.75 Å². The molecule has 2 aliphatic rings. The summed E-state index contributed by atoms with van der Waals surface area (Å²) < 4.78 is 5.33. The van der Waals surface area contributed by atoms with Gasteiger partial charge >= 0.3 is 0 Å². The highest BCUT2D eigenvalue weighted by Crippen LogP contribution is 2.22. The number of methoxy groups -OCH3 is 1. The Morgan fingerprint density at radius 3 is 2.67 bits per heavy atom. The lowest BCUT2D eigenvalue weighted by atomic mass is 9.95. The Kier molecular flexibility index (Phi) is 6.13. The van der Waals surface area contributed by atoms with Crippen LogP contribution < -0.4 is 10.1 Å². The Labute approximate surface area is 145 Å². The minimum absolute atomic E-state index is 0.227. The fourth-order valence-electron chi connectivity index (χ4n) is 3.90. The van der Waals surface area contributed by atoms with E-state index >= 15 is 0 Å². The second-order valence-electron chi connectivity index (χ2n) is 7.13. The van der Waals surface area contributed by atoms with Crippen LogP contribution in [0.25, 0.3) is 0 Å². The summed E-state index contributed by atoms with van der Waals surface area (Å²) in [6.07, 6.45) is 8.89. The average Bonchev–Trinajstić information content (AvgIpc) is 2.82. The lowest BCUT2D eigenvalue weighted by Crippen LogP contribution is -2.38. The van der Waals surface area contributed by atoms with Gasteiger partial charge < -0.3 is 15.0 Å². The molecule has 0 atom stereocenters. The van der Waals surface area contributed by atoms with Gasteiger partial charge in [-0.1, -0.05) is 25.3 Å². The largest absolute Gasteiger partial charge is 0.497 e. The highest BCUT2D eigenvalue weighted by Gasteiger charge is 2.18. The summed E-state index contributed by atoms with van der Waals surface area (Å²) in [6, 6.07) is 6.82. The molecule has 1 aromatic carbocycles. The van der Waals surface area contributed by atoms with E-state index in [1.165, 1.54) is 30.4 Å². The van der Waals surface area contributed by atoms with E-state index < -0.39 is 0 Å². The number of hydrogen-bond acceptors (Lipinski definition) is 3. The van der Waals surface area contributed by atoms with Crippen LogP contribution in [0.3, 0.4) is 0 Å². The number of carbonyl (C=O) groups excluding carboxylic acids is 1. The van der Waals surface area contributed by atoms with Gasteiger partial charge in [0.15, 0.2) is 0 Å². The molecule has 1 aromatic rings. The smallest absolute Gasteiger partial charge is 0.221 e. The lowest BCUT2D eigenvalue weighted by molar-refractivity contribution is -0.122. The molecule has 4 heteroatoms. The number of amides is 1. The van der Waals surface area contributed by atoms with Gasteiger partial charge in [-0.15, -0.1) is 0 Å². The minimum atomic E-state index is 0.227. The molecule has 24 heavy (non-hydrogen) atoms. The molecule has 0 spiro atoms. The van der Waals surface area contributed by atoms with Crippen LogP contribution in [0.15, 0.2) is 18.2 Å². The Balaban J connectivity index is 1.44. The van der Waals surface area contributed by atoms with E-state index in [0.29, 0.717) is 12.5 Å². The van der Waals surface area contributed by atoms with Gasteiger partial charge in [0.25, 0.3) is 0 Å². The third-order valence-electron chi connectivity index (χ3n) is 5.43. The Morgan fingerprint density at radius 2 is 1.92 bits per heavy atom. The van der Waals surface area contributed by atoms with Crippen molar-refractivity contribution in [3.05, 3.63) is 29.3 Å². The first-order valence-electron chi connectivity index (χ1n) is 9.42. The van der Waals surface area contributed by atoms with E-state index in [9.17, 15) is 4.79 Å². The van der Waals surface area contributed by atoms with Crippen LogP contribution in [0.2, 0.25) is 0 Å². The molecular formula is C20H30N2O2. The highest BCUT2D eigenvalue weighted by atomic mass is 16.5. The number of benzene rings is 1. The number of carbonyl (C=O) groups is 1. The predicted octanol–water partition coefficient (Wildman–Crippen LogP) is 2.93. The van der Waals surface area contributed by atoms with Crippen LogP contribution >= 0.6 is 0 Å². The number of hydrogen-bond donors (Lipinski definition) is 1. The van der Waals surface area contributed by atoms with Gasteiger partial charge in [-0.2, -0.15) is 0 Å². The molecule has 0 bridgehead atoms. The molecule has 4 nitrogen and oxygen atoms in total. The summed E-state index contributed by atoms with van der Waals surface area (Å²) in [6.45, 7) is 2.93. The summed E-state index contributed by atoms with van der Waals surface area (Å²) in [5.74, 6) is 1.17. The van der Waals surface area contributed by atoms with Gasteiger partial charge in [0.05, 0.1) is 7.11 Å². The van der Waals surface area contributed by atoms with Crippen molar-refractivity contribution in [3.63, 3.8) is 0 Å². The minimum Gasteiger partial charge on any atom is -0.497 e. The Bertz CT molecular complexity index is 553. The molecule has 1 aliphatic heterocycles. The third-order valence-corrected chi connectivity index (χ3v) is 5.43. The topological polar surface area (TPSA) is 41.6 Å². The van der Waals surface area contributed by atoms with Crippen molar-refractivity contribution in [2.45, 2.75) is 57.4 Å². The van der Waals surface area contributed by atoms with Crippen LogP contribution in [0, 0.1) is 0 Å². The van der Waals surface area contributed by atoms with Crippen molar-refractivity contribution in [2.24, 2.45) is 0 Å². The van der Waals surface area contributed by atoms with E-state index in [2.05, 4.69) is 22.3 Å². The van der Waals surface area contributed by atoms with Crippen molar-refractivity contribution in [1.29, 1.82) is 0 Å². The first-order valence-corrected chi connectivity index (χ1v) is 9.42. The predicted molar refractivity (Wildman–Crippen MR) is 96.5 cm³/mol. The second-order valence-corrected chi connectivity index (χ2v) is 7.13. The van der Waals surface area contributed by atoms with Gasteiger partial charge in [0.2, 0.25) is 5.91 Å². The van der Waals surface area contributed by atoms with Gasteiger partial charge in [-0.25, -0.2) is 0 Å². The molecule has 0 saturated heterocycles. The molecule has 1 heterocycles. The molecule has 1 saturated carbocycles. The molecule has 1 fully saturated rings. The monoisotopic (exact) mass is 330 g/mol. The van der Waals surface area contributed by atoms with E-state index in [-0.39, 0.29) is 5.91 Å². The van der Waals surface area contributed by atoms with Crippen LogP contribution in [0.1, 0.15) is 49.7 Å². The molecule has 132 valence electrons. The number of ether oxygens (including phenoxy) is 1. The van der Waals surface area contributed by atoms with Crippen molar-refractivity contribution in [3.8, 4) is 5.75 Å². The molecule has 0 radical (unpaired) electrons. The molecular weight excluding hydrogens is 300 g/mol. The van der Waals surface area contributed by atoms with Crippen molar-refractivity contribution < 1.29 is 9.53 Å². The standard InChI is InChI=1S/C20H30N2O2/c1-24-19-8-7-16-9-12-22(13-10-17(16)15-19)14-11-20(23)21-18-5-3-2-4-6-18/h7-8,15,18H,2-6,9-14H2,1H3,(H,21,23). The molecule has 0 unspecified atom stereocenters. The summed E-state index contributed by atoms with van der Waals surface area (Å²) in [4.78, 5) is 14.6. The zero-order chi connectivity index (χ0) is 16.8. The molecule has 1 aliphatic carbocycles. The maximum atomic E-state index is 12.2. The molecule has 1 amide bonds. The van der Waals surface area contributed by atoms with Gasteiger partial charge in [0, 0.05) is 32.1 Å². The number of rotatable bonds is 5. The van der Waals surface area contributed by atoms with Crippen LogP contribution in [0.5, 0.6) is 5.75 Å². The fraction of sp³-hybridized carbons (Fsp3) is 0.650. The van der Waals surface area contributed by atoms with E-state index in [4.69, 9.17) is 4.74 Å². The van der Waals surface area contributed by atoms with E-state index in [0.717, 1.165) is 51.1 Å². The third kappa shape index (κ3) is 4.73. The van der Waals surface area contributed by atoms with Gasteiger partial charge in [-0.3, -0.25) is 4.79 Å². The van der Waals surface area contributed by atoms with Crippen LogP contribution in [-0.4, -0.2) is 43.6 Å². The summed E-state index contributed by atoms with van der Waals surface area (Å²) in [5, 5.41) is 3.22. The maximum absolute atomic E-state index is 12.2. The molecule has 0 aromatic heterocycles. The van der Waals surface area contributed by atoms with Gasteiger partial charge in [-0.05, 0) is 48.9 Å². The number of nitrogens with one attached hydrogen (secondary N) is 1. The molecule has 1 N–H and O–H groups in total. The van der Waals surface area contributed by atoms with Crippen molar-refractivity contribution in [1.82, 2.24) is 10.2 Å². The normalized spacial score (nSPS) is 19.4. The Morgan fingerprint density at radius 1 is 1.17 bits per heavy atom. The summed E-state index contributed by atoms with van der Waals surface area (Å²) >= 11 is 0. The highest BCUT2D eigenvalue weighted by molar-refractivity contribution is 5.76. The first-order chi connectivity index (χ1) is 11.7. The molecule has 3 rings (SSSR count). The Hall–Kier alpha value is -1.55. The summed E-state index contributed by atoms with van der Waals surface area (Å²) in [7, 11) is 1.72. The average molecular weight is 330 g/mol. The van der Waals surface area contributed by atoms with E-state index in [1.54, 1.807) is 7.11 Å². The zero-order valence-electron chi connectivity index (χ0n) is 14.9. The first kappa shape index (κ1) is 17.3. The van der Waals surface area contributed by atoms with Crippen molar-refractivity contribution in [2.75, 3.05) is 26.7 Å². The zero-order valence-corrected chi connectivity index (χ0v) is 14.9. The number of fused-ring (bicyclic) bond motifs is 1. The van der Waals surface area contributed by atoms with E-state index in [1.807, 2.05) is 6.07 Å². The van der Waals surface area contributed by atoms with Crippen LogP contribution in [-0.2, 0) is 17.6 Å². The van der Waals surface area contributed by atoms with Crippen LogP contribution in [0.4, 0.5) is 0 Å². The number of nitrogens with zero attached hydrogens (tertiary/aromatic N) is 1.